The first kappa shape index (κ1) is 15.5. The number of nitrogens with two attached hydrogens (primary N) is 1. The second-order valence-corrected chi connectivity index (χ2v) is 5.94. The highest BCUT2D eigenvalue weighted by molar-refractivity contribution is 5.80. The van der Waals surface area contributed by atoms with Crippen LogP contribution in [0, 0.1) is 5.92 Å². The lowest BCUT2D eigenvalue weighted by Gasteiger charge is -2.16. The minimum Gasteiger partial charge on any atom is -0.352 e. The minimum atomic E-state index is -0.335. The van der Waals surface area contributed by atoms with Crippen LogP contribution < -0.4 is 22.2 Å². The number of benzene rings is 1. The van der Waals surface area contributed by atoms with E-state index < -0.39 is 0 Å². The van der Waals surface area contributed by atoms with Crippen LogP contribution in [0.15, 0.2) is 33.9 Å². The fraction of sp³-hybridized carbons (Fsp3) is 0.438. The Morgan fingerprint density at radius 1 is 1.30 bits per heavy atom. The third-order valence-electron chi connectivity index (χ3n) is 4.24. The Bertz CT molecular complexity index is 835. The van der Waals surface area contributed by atoms with Gasteiger partial charge in [0.25, 0.3) is 11.1 Å². The molecular formula is C16H20N4O3. The standard InChI is InChI=1S/C16H20N4O3/c17-9-13(10-5-6-10)18-14(21)7-8-20-16(23)12-4-2-1-3-11(12)15(22)19-20/h1-4,10,13H,5-9,17H2,(H,18,21)(H,19,22). The Labute approximate surface area is 132 Å². The van der Waals surface area contributed by atoms with Crippen molar-refractivity contribution >= 4 is 16.7 Å². The number of aromatic nitrogens is 2. The minimum absolute atomic E-state index is 0.00914. The van der Waals surface area contributed by atoms with Crippen molar-refractivity contribution in [3.05, 3.63) is 45.0 Å². The quantitative estimate of drug-likeness (QED) is 0.693. The lowest BCUT2D eigenvalue weighted by Crippen LogP contribution is -2.42. The molecule has 0 radical (unpaired) electrons. The molecule has 1 saturated carbocycles. The van der Waals surface area contributed by atoms with Crippen LogP contribution in [0.4, 0.5) is 0 Å². The molecule has 1 fully saturated rings. The summed E-state index contributed by atoms with van der Waals surface area (Å²) in [6, 6.07) is 6.64. The largest absolute Gasteiger partial charge is 0.352 e. The highest BCUT2D eigenvalue weighted by Crippen LogP contribution is 2.32. The van der Waals surface area contributed by atoms with Gasteiger partial charge < -0.3 is 11.1 Å². The molecule has 4 N–H and O–H groups in total. The molecule has 1 aliphatic carbocycles. The molecule has 1 heterocycles. The van der Waals surface area contributed by atoms with Crippen molar-refractivity contribution in [3.63, 3.8) is 0 Å². The van der Waals surface area contributed by atoms with Gasteiger partial charge in [-0.15, -0.1) is 0 Å². The Morgan fingerprint density at radius 3 is 2.65 bits per heavy atom. The predicted molar refractivity (Wildman–Crippen MR) is 87.2 cm³/mol. The molecule has 0 spiro atoms. The summed E-state index contributed by atoms with van der Waals surface area (Å²) in [4.78, 5) is 36.3. The molecule has 0 bridgehead atoms. The van der Waals surface area contributed by atoms with Gasteiger partial charge in [-0.1, -0.05) is 12.1 Å². The number of nitrogens with one attached hydrogen (secondary N) is 2. The molecule has 1 unspecified atom stereocenters. The summed E-state index contributed by atoms with van der Waals surface area (Å²) in [7, 11) is 0. The van der Waals surface area contributed by atoms with Gasteiger partial charge in [0.1, 0.15) is 0 Å². The average molecular weight is 316 g/mol. The fourth-order valence-corrected chi connectivity index (χ4v) is 2.76. The second kappa shape index (κ2) is 6.37. The zero-order valence-electron chi connectivity index (χ0n) is 12.7. The zero-order chi connectivity index (χ0) is 16.4. The maximum Gasteiger partial charge on any atom is 0.273 e. The fourth-order valence-electron chi connectivity index (χ4n) is 2.76. The van der Waals surface area contributed by atoms with E-state index in [0.29, 0.717) is 23.2 Å². The van der Waals surface area contributed by atoms with Crippen LogP contribution >= 0.6 is 0 Å². The number of fused-ring (bicyclic) bond motifs is 1. The normalized spacial score (nSPS) is 15.5. The van der Waals surface area contributed by atoms with Crippen LogP contribution in [0.3, 0.4) is 0 Å². The number of aryl methyl sites for hydroxylation is 1. The monoisotopic (exact) mass is 316 g/mol. The van der Waals surface area contributed by atoms with Crippen molar-refractivity contribution < 1.29 is 4.79 Å². The van der Waals surface area contributed by atoms with Crippen LogP contribution in [0.25, 0.3) is 10.8 Å². The second-order valence-electron chi connectivity index (χ2n) is 5.94. The molecule has 3 rings (SSSR count). The van der Waals surface area contributed by atoms with Crippen molar-refractivity contribution in [1.29, 1.82) is 0 Å². The molecule has 1 aliphatic rings. The number of carbonyl (C=O) groups excluding carboxylic acids is 1. The van der Waals surface area contributed by atoms with Crippen molar-refractivity contribution in [2.45, 2.75) is 31.8 Å². The Kier molecular flexibility index (Phi) is 4.29. The average Bonchev–Trinajstić information content (AvgIpc) is 3.39. The number of nitrogens with zero attached hydrogens (tertiary/aromatic N) is 1. The van der Waals surface area contributed by atoms with Crippen molar-refractivity contribution in [1.82, 2.24) is 15.1 Å². The number of hydrogen-bond donors (Lipinski definition) is 3. The van der Waals surface area contributed by atoms with Crippen molar-refractivity contribution in [2.75, 3.05) is 6.54 Å². The third kappa shape index (κ3) is 3.34. The number of rotatable bonds is 6. The molecule has 2 aromatic rings. The highest BCUT2D eigenvalue weighted by Gasteiger charge is 2.31. The van der Waals surface area contributed by atoms with Gasteiger partial charge in [0.05, 0.1) is 17.3 Å². The van der Waals surface area contributed by atoms with Gasteiger partial charge >= 0.3 is 0 Å². The predicted octanol–water partition coefficient (Wildman–Crippen LogP) is -0.0666. The lowest BCUT2D eigenvalue weighted by molar-refractivity contribution is -0.122. The number of H-pyrrole nitrogens is 1. The van der Waals surface area contributed by atoms with Gasteiger partial charge in [0.2, 0.25) is 5.91 Å². The van der Waals surface area contributed by atoms with E-state index in [0.717, 1.165) is 12.8 Å². The summed E-state index contributed by atoms with van der Waals surface area (Å²) in [5.74, 6) is 0.320. The summed E-state index contributed by atoms with van der Waals surface area (Å²) in [5, 5.41) is 6.13. The van der Waals surface area contributed by atoms with Crippen molar-refractivity contribution in [2.24, 2.45) is 11.7 Å². The van der Waals surface area contributed by atoms with Crippen molar-refractivity contribution in [3.8, 4) is 0 Å². The van der Waals surface area contributed by atoms with Crippen LogP contribution in [-0.2, 0) is 11.3 Å². The summed E-state index contributed by atoms with van der Waals surface area (Å²) in [5.41, 5.74) is 5.02. The molecule has 23 heavy (non-hydrogen) atoms. The SMILES string of the molecule is NCC(NC(=O)CCn1[nH]c(=O)c2ccccc2c1=O)C1CC1. The van der Waals surface area contributed by atoms with E-state index in [4.69, 9.17) is 5.73 Å². The molecule has 0 saturated heterocycles. The first-order valence-electron chi connectivity index (χ1n) is 7.81. The first-order chi connectivity index (χ1) is 11.1. The zero-order valence-corrected chi connectivity index (χ0v) is 12.7. The molecule has 1 amide bonds. The van der Waals surface area contributed by atoms with E-state index in [-0.39, 0.29) is 36.0 Å². The highest BCUT2D eigenvalue weighted by atomic mass is 16.2. The lowest BCUT2D eigenvalue weighted by atomic mass is 10.2. The molecule has 1 aromatic heterocycles. The van der Waals surface area contributed by atoms with Crippen LogP contribution in [0.2, 0.25) is 0 Å². The molecule has 7 nitrogen and oxygen atoms in total. The van der Waals surface area contributed by atoms with Crippen LogP contribution in [0.1, 0.15) is 19.3 Å². The van der Waals surface area contributed by atoms with Crippen LogP contribution in [0.5, 0.6) is 0 Å². The maximum absolute atomic E-state index is 12.3. The number of carbonyl (C=O) groups is 1. The van der Waals surface area contributed by atoms with Gasteiger partial charge in [-0.3, -0.25) is 19.5 Å². The Balaban J connectivity index is 1.72. The maximum atomic E-state index is 12.3. The summed E-state index contributed by atoms with van der Waals surface area (Å²) < 4.78 is 1.19. The molecule has 1 atom stereocenters. The number of amides is 1. The van der Waals surface area contributed by atoms with E-state index in [9.17, 15) is 14.4 Å². The molecule has 0 aliphatic heterocycles. The first-order valence-corrected chi connectivity index (χ1v) is 7.81. The van der Waals surface area contributed by atoms with Gasteiger partial charge in [0.15, 0.2) is 0 Å². The van der Waals surface area contributed by atoms with Gasteiger partial charge in [-0.05, 0) is 30.9 Å². The Hall–Kier alpha value is -2.41. The van der Waals surface area contributed by atoms with Gasteiger partial charge in [0, 0.05) is 19.0 Å². The van der Waals surface area contributed by atoms with Crippen LogP contribution in [-0.4, -0.2) is 28.3 Å². The molecule has 122 valence electrons. The topological polar surface area (TPSA) is 110 Å². The van der Waals surface area contributed by atoms with Gasteiger partial charge in [-0.25, -0.2) is 4.68 Å². The number of hydrogen-bond acceptors (Lipinski definition) is 4. The molecule has 1 aromatic carbocycles. The molecular weight excluding hydrogens is 296 g/mol. The third-order valence-corrected chi connectivity index (χ3v) is 4.24. The smallest absolute Gasteiger partial charge is 0.273 e. The van der Waals surface area contributed by atoms with E-state index in [1.807, 2.05) is 0 Å². The Morgan fingerprint density at radius 2 is 2.00 bits per heavy atom. The summed E-state index contributed by atoms with van der Waals surface area (Å²) in [6.07, 6.45) is 2.32. The molecule has 7 heteroatoms. The summed E-state index contributed by atoms with van der Waals surface area (Å²) in [6.45, 7) is 0.551. The summed E-state index contributed by atoms with van der Waals surface area (Å²) >= 11 is 0. The van der Waals surface area contributed by atoms with Gasteiger partial charge in [-0.2, -0.15) is 0 Å². The van der Waals surface area contributed by atoms with E-state index in [1.54, 1.807) is 24.3 Å². The number of aromatic amines is 1. The van der Waals surface area contributed by atoms with E-state index >= 15 is 0 Å². The van der Waals surface area contributed by atoms with E-state index in [1.165, 1.54) is 4.68 Å². The van der Waals surface area contributed by atoms with E-state index in [2.05, 4.69) is 10.4 Å².